The molecule has 2 fully saturated rings. The van der Waals surface area contributed by atoms with Gasteiger partial charge in [-0.1, -0.05) is 6.92 Å². The maximum atomic E-state index is 12.3. The Labute approximate surface area is 300 Å². The van der Waals surface area contributed by atoms with E-state index in [0.29, 0.717) is 6.42 Å². The van der Waals surface area contributed by atoms with Gasteiger partial charge in [0, 0.05) is 20.1 Å². The molecule has 21 nitrogen and oxygen atoms in total. The minimum atomic E-state index is -1.87. The summed E-state index contributed by atoms with van der Waals surface area (Å²) in [5, 5.41) is 106. The van der Waals surface area contributed by atoms with Crippen LogP contribution in [0.3, 0.4) is 0 Å². The molecule has 52 heavy (non-hydrogen) atoms. The summed E-state index contributed by atoms with van der Waals surface area (Å²) in [5.41, 5.74) is 0. The van der Waals surface area contributed by atoms with Gasteiger partial charge in [-0.3, -0.25) is 4.79 Å². The average molecular weight is 764 g/mol. The summed E-state index contributed by atoms with van der Waals surface area (Å²) in [5.74, 6) is -2.25. The van der Waals surface area contributed by atoms with Crippen molar-refractivity contribution in [2.24, 2.45) is 0 Å². The fourth-order valence-electron chi connectivity index (χ4n) is 5.47. The topological polar surface area (TPSA) is 322 Å². The zero-order valence-corrected chi connectivity index (χ0v) is 30.0. The van der Waals surface area contributed by atoms with Crippen LogP contribution in [0.4, 0.5) is 0 Å². The lowest BCUT2D eigenvalue weighted by molar-refractivity contribution is -0.375. The van der Waals surface area contributed by atoms with Crippen LogP contribution in [0, 0.1) is 0 Å². The standard InChI is InChI=1S/C31H57NO20/c1-7-9-46-28(16(37)10-33)50-24(27(43)44)14(5)48-30(45-8-2)25(19(38)12(3)35)52-31-26(23(42)20(39)13(4)47-31)51-29-18(32-15(6)36)22(41)21(40)17(11-34)49-29/h12-14,16-26,28-31,33-35,37-42H,7-11H2,1-6H3,(H,32,36)(H,43,44)/t12-,13-,14+,16-,17?,18?,19?,20?,21?,22?,23?,24?,25?,26?,28?,29?,30-,31-/m0/s1. The zero-order chi connectivity index (χ0) is 39.4. The number of carbonyl (C=O) groups is 2. The molecule has 18 atom stereocenters. The third-order valence-corrected chi connectivity index (χ3v) is 8.33. The minimum absolute atomic E-state index is 0.0443. The van der Waals surface area contributed by atoms with E-state index in [2.05, 4.69) is 5.32 Å². The van der Waals surface area contributed by atoms with Crippen molar-refractivity contribution in [3.8, 4) is 0 Å². The molecule has 2 saturated heterocycles. The summed E-state index contributed by atoms with van der Waals surface area (Å²) in [6.45, 7) is 6.48. The number of hydrogen-bond acceptors (Lipinski definition) is 19. The molecular weight excluding hydrogens is 706 g/mol. The van der Waals surface area contributed by atoms with E-state index in [1.165, 1.54) is 27.7 Å². The lowest BCUT2D eigenvalue weighted by Crippen LogP contribution is -2.67. The van der Waals surface area contributed by atoms with Crippen molar-refractivity contribution in [2.45, 2.75) is 159 Å². The minimum Gasteiger partial charge on any atom is -0.479 e. The normalized spacial score (nSPS) is 34.4. The van der Waals surface area contributed by atoms with Gasteiger partial charge < -0.3 is 94.3 Å². The number of aliphatic hydroxyl groups excluding tert-OH is 9. The average Bonchev–Trinajstić information content (AvgIpc) is 3.09. The molecule has 12 unspecified atom stereocenters. The number of carboxylic acids is 1. The zero-order valence-electron chi connectivity index (χ0n) is 30.0. The number of nitrogens with one attached hydrogen (secondary N) is 1. The molecule has 2 aliphatic heterocycles. The number of ether oxygens (including phenoxy) is 8. The molecule has 21 heteroatoms. The lowest BCUT2D eigenvalue weighted by Gasteiger charge is -2.48. The molecule has 11 N–H and O–H groups in total. The summed E-state index contributed by atoms with van der Waals surface area (Å²) in [6, 6.07) is -1.48. The van der Waals surface area contributed by atoms with Crippen LogP contribution in [0.5, 0.6) is 0 Å². The van der Waals surface area contributed by atoms with Gasteiger partial charge in [0.25, 0.3) is 0 Å². The second-order valence-electron chi connectivity index (χ2n) is 12.6. The highest BCUT2D eigenvalue weighted by atomic mass is 16.8. The Kier molecular flexibility index (Phi) is 19.6. The van der Waals surface area contributed by atoms with Gasteiger partial charge in [0.1, 0.15) is 61.0 Å². The largest absolute Gasteiger partial charge is 0.479 e. The number of carboxylic acid groups (broad SMARTS) is 1. The van der Waals surface area contributed by atoms with Gasteiger partial charge in [-0.15, -0.1) is 0 Å². The maximum absolute atomic E-state index is 12.3. The molecule has 0 radical (unpaired) electrons. The van der Waals surface area contributed by atoms with E-state index >= 15 is 0 Å². The SMILES string of the molecule is CCCOC(OC(C(=O)O)[C@@H](C)O[C@H](OCC)C(O[C@@H]1O[C@@H](C)C(O)C(O)C1OC1OC(CO)C(O)C(O)C1NC(C)=O)C(O)[C@H](C)O)[C@@H](O)CO. The Morgan fingerprint density at radius 1 is 0.865 bits per heavy atom. The number of rotatable bonds is 22. The van der Waals surface area contributed by atoms with E-state index in [4.69, 9.17) is 37.9 Å². The van der Waals surface area contributed by atoms with Crippen LogP contribution < -0.4 is 5.32 Å². The molecule has 2 heterocycles. The van der Waals surface area contributed by atoms with E-state index in [1.807, 2.05) is 0 Å². The fourth-order valence-corrected chi connectivity index (χ4v) is 5.47. The first-order chi connectivity index (χ1) is 24.4. The fraction of sp³-hybridized carbons (Fsp3) is 0.935. The molecule has 0 spiro atoms. The first-order valence-electron chi connectivity index (χ1n) is 17.1. The summed E-state index contributed by atoms with van der Waals surface area (Å²) in [6.07, 6.45) is -27.8. The van der Waals surface area contributed by atoms with Gasteiger partial charge in [0.2, 0.25) is 5.91 Å². The first kappa shape index (κ1) is 46.4. The van der Waals surface area contributed by atoms with Gasteiger partial charge in [-0.2, -0.15) is 0 Å². The van der Waals surface area contributed by atoms with Gasteiger partial charge in [-0.05, 0) is 34.1 Å². The number of amides is 1. The predicted molar refractivity (Wildman–Crippen MR) is 171 cm³/mol. The molecule has 0 aromatic heterocycles. The van der Waals surface area contributed by atoms with Crippen molar-refractivity contribution in [1.82, 2.24) is 5.32 Å². The highest BCUT2D eigenvalue weighted by Crippen LogP contribution is 2.32. The van der Waals surface area contributed by atoms with Crippen LogP contribution in [-0.2, 0) is 47.5 Å². The second-order valence-corrected chi connectivity index (χ2v) is 12.6. The number of aliphatic hydroxyl groups is 9. The van der Waals surface area contributed by atoms with E-state index < -0.39 is 136 Å². The molecule has 1 amide bonds. The van der Waals surface area contributed by atoms with Crippen molar-refractivity contribution in [3.05, 3.63) is 0 Å². The molecule has 0 aromatic rings. The summed E-state index contributed by atoms with van der Waals surface area (Å²) < 4.78 is 45.8. The Morgan fingerprint density at radius 3 is 2.04 bits per heavy atom. The molecule has 0 aliphatic carbocycles. The van der Waals surface area contributed by atoms with Crippen molar-refractivity contribution in [1.29, 1.82) is 0 Å². The van der Waals surface area contributed by atoms with Crippen molar-refractivity contribution >= 4 is 11.9 Å². The molecule has 0 saturated carbocycles. The van der Waals surface area contributed by atoms with Crippen molar-refractivity contribution in [2.75, 3.05) is 26.4 Å². The van der Waals surface area contributed by atoms with Crippen molar-refractivity contribution < 1.29 is 98.5 Å². The predicted octanol–water partition coefficient (Wildman–Crippen LogP) is -4.75. The van der Waals surface area contributed by atoms with Gasteiger partial charge >= 0.3 is 5.97 Å². The van der Waals surface area contributed by atoms with Crippen LogP contribution in [0.15, 0.2) is 0 Å². The number of carbonyl (C=O) groups excluding carboxylic acids is 1. The van der Waals surface area contributed by atoms with Crippen LogP contribution in [0.1, 0.15) is 48.0 Å². The molecule has 2 rings (SSSR count). The smallest absolute Gasteiger partial charge is 0.335 e. The number of aliphatic carboxylic acids is 1. The quantitative estimate of drug-likeness (QED) is 0.0461. The summed E-state index contributed by atoms with van der Waals surface area (Å²) in [4.78, 5) is 24.3. The van der Waals surface area contributed by atoms with Crippen molar-refractivity contribution in [3.63, 3.8) is 0 Å². The van der Waals surface area contributed by atoms with Crippen LogP contribution in [-0.4, -0.2) is 200 Å². The number of hydrogen-bond donors (Lipinski definition) is 11. The molecule has 0 aromatic carbocycles. The summed E-state index contributed by atoms with van der Waals surface area (Å²) in [7, 11) is 0. The van der Waals surface area contributed by atoms with Crippen LogP contribution >= 0.6 is 0 Å². The van der Waals surface area contributed by atoms with E-state index in [0.717, 1.165) is 6.92 Å². The van der Waals surface area contributed by atoms with E-state index in [1.54, 1.807) is 6.92 Å². The van der Waals surface area contributed by atoms with Crippen LogP contribution in [0.2, 0.25) is 0 Å². The summed E-state index contributed by atoms with van der Waals surface area (Å²) >= 11 is 0. The Hall–Kier alpha value is -1.74. The van der Waals surface area contributed by atoms with E-state index in [9.17, 15) is 60.7 Å². The van der Waals surface area contributed by atoms with Gasteiger partial charge in [0.15, 0.2) is 31.3 Å². The highest BCUT2D eigenvalue weighted by molar-refractivity contribution is 5.73. The third-order valence-electron chi connectivity index (χ3n) is 8.33. The molecular formula is C31H57NO20. The van der Waals surface area contributed by atoms with Gasteiger partial charge in [-0.25, -0.2) is 4.79 Å². The Balaban J connectivity index is 2.49. The monoisotopic (exact) mass is 763 g/mol. The molecule has 2 aliphatic rings. The van der Waals surface area contributed by atoms with E-state index in [-0.39, 0.29) is 13.2 Å². The Morgan fingerprint density at radius 2 is 1.52 bits per heavy atom. The maximum Gasteiger partial charge on any atom is 0.335 e. The lowest BCUT2D eigenvalue weighted by atomic mass is 9.96. The third kappa shape index (κ3) is 12.4. The highest BCUT2D eigenvalue weighted by Gasteiger charge is 2.52. The molecule has 0 bridgehead atoms. The van der Waals surface area contributed by atoms with Crippen LogP contribution in [0.25, 0.3) is 0 Å². The Bertz CT molecular complexity index is 1060. The first-order valence-corrected chi connectivity index (χ1v) is 17.1. The molecule has 306 valence electrons. The van der Waals surface area contributed by atoms with Gasteiger partial charge in [0.05, 0.1) is 31.5 Å². The second kappa shape index (κ2) is 22.0.